The summed E-state index contributed by atoms with van der Waals surface area (Å²) in [5.41, 5.74) is 4.41. The summed E-state index contributed by atoms with van der Waals surface area (Å²) >= 11 is 12.6. The molecule has 0 fully saturated rings. The van der Waals surface area contributed by atoms with Crippen LogP contribution in [0.25, 0.3) is 0 Å². The van der Waals surface area contributed by atoms with E-state index < -0.39 is 0 Å². The second kappa shape index (κ2) is 7.14. The second-order valence-corrected chi connectivity index (χ2v) is 5.75. The summed E-state index contributed by atoms with van der Waals surface area (Å²) in [6.45, 7) is 3.95. The summed E-state index contributed by atoms with van der Waals surface area (Å²) in [6, 6.07) is 12.7. The number of hydrogen-bond donors (Lipinski definition) is 2. The van der Waals surface area contributed by atoms with E-state index in [0.29, 0.717) is 10.0 Å². The highest BCUT2D eigenvalue weighted by atomic mass is 35.5. The fourth-order valence-corrected chi connectivity index (χ4v) is 2.81. The van der Waals surface area contributed by atoms with Crippen LogP contribution in [0.4, 0.5) is 0 Å². The third kappa shape index (κ3) is 3.69. The van der Waals surface area contributed by atoms with Gasteiger partial charge in [0.15, 0.2) is 0 Å². The van der Waals surface area contributed by atoms with Gasteiger partial charge in [0.05, 0.1) is 12.1 Å². The molecule has 2 rings (SSSR count). The van der Waals surface area contributed by atoms with Crippen LogP contribution in [-0.4, -0.2) is 6.10 Å². The van der Waals surface area contributed by atoms with Crippen LogP contribution in [0.2, 0.25) is 10.0 Å². The van der Waals surface area contributed by atoms with Crippen LogP contribution in [0.3, 0.4) is 0 Å². The van der Waals surface area contributed by atoms with Crippen molar-refractivity contribution in [1.82, 2.24) is 5.43 Å². The Balaban J connectivity index is 2.52. The molecule has 1 atom stereocenters. The van der Waals surface area contributed by atoms with Gasteiger partial charge in [-0.1, -0.05) is 47.5 Å². The Kier molecular flexibility index (Phi) is 5.48. The molecule has 3 nitrogen and oxygen atoms in total. The van der Waals surface area contributed by atoms with E-state index in [-0.39, 0.29) is 12.1 Å². The molecule has 0 amide bonds. The number of hydrogen-bond acceptors (Lipinski definition) is 3. The highest BCUT2D eigenvalue weighted by Gasteiger charge is 2.22. The molecule has 0 saturated heterocycles. The normalized spacial score (nSPS) is 12.5. The van der Waals surface area contributed by atoms with Gasteiger partial charge in [0.2, 0.25) is 0 Å². The van der Waals surface area contributed by atoms with Crippen molar-refractivity contribution in [3.05, 3.63) is 63.6 Å². The molecule has 0 heterocycles. The van der Waals surface area contributed by atoms with Crippen LogP contribution in [0.1, 0.15) is 31.0 Å². The van der Waals surface area contributed by atoms with Gasteiger partial charge in [-0.3, -0.25) is 5.84 Å². The quantitative estimate of drug-likeness (QED) is 0.635. The number of ether oxygens (including phenoxy) is 1. The van der Waals surface area contributed by atoms with Gasteiger partial charge in [-0.25, -0.2) is 5.43 Å². The second-order valence-electron chi connectivity index (χ2n) is 4.94. The van der Waals surface area contributed by atoms with E-state index in [1.54, 1.807) is 18.2 Å². The van der Waals surface area contributed by atoms with Crippen LogP contribution in [0.15, 0.2) is 42.5 Å². The molecule has 0 aromatic heterocycles. The number of para-hydroxylation sites is 1. The number of nitrogens with one attached hydrogen (secondary N) is 1. The van der Waals surface area contributed by atoms with Crippen molar-refractivity contribution in [3.63, 3.8) is 0 Å². The maximum atomic E-state index is 6.29. The average molecular weight is 325 g/mol. The molecule has 1 unspecified atom stereocenters. The van der Waals surface area contributed by atoms with Crippen LogP contribution < -0.4 is 16.0 Å². The summed E-state index contributed by atoms with van der Waals surface area (Å²) in [7, 11) is 0. The van der Waals surface area contributed by atoms with Gasteiger partial charge >= 0.3 is 0 Å². The number of benzene rings is 2. The Bertz CT molecular complexity index is 597. The predicted molar refractivity (Wildman–Crippen MR) is 87.8 cm³/mol. The Labute approximate surface area is 135 Å². The van der Waals surface area contributed by atoms with Gasteiger partial charge in [-0.05, 0) is 32.0 Å². The van der Waals surface area contributed by atoms with E-state index in [1.165, 1.54) is 0 Å². The first-order valence-corrected chi connectivity index (χ1v) is 7.45. The minimum absolute atomic E-state index is 0.0614. The summed E-state index contributed by atoms with van der Waals surface area (Å²) in [6.07, 6.45) is 0.0614. The van der Waals surface area contributed by atoms with Crippen LogP contribution >= 0.6 is 23.2 Å². The molecule has 0 aliphatic carbocycles. The first kappa shape index (κ1) is 16.1. The van der Waals surface area contributed by atoms with Crippen LogP contribution in [0, 0.1) is 0 Å². The third-order valence-corrected chi connectivity index (χ3v) is 3.71. The zero-order valence-corrected chi connectivity index (χ0v) is 13.4. The van der Waals surface area contributed by atoms with Crippen molar-refractivity contribution >= 4 is 23.2 Å². The van der Waals surface area contributed by atoms with Crippen molar-refractivity contribution in [2.75, 3.05) is 0 Å². The van der Waals surface area contributed by atoms with E-state index in [1.807, 2.05) is 38.1 Å². The largest absolute Gasteiger partial charge is 0.491 e. The molecular formula is C16H18Cl2N2O. The van der Waals surface area contributed by atoms with Gasteiger partial charge in [0.1, 0.15) is 5.75 Å². The third-order valence-electron chi connectivity index (χ3n) is 3.05. The summed E-state index contributed by atoms with van der Waals surface area (Å²) in [5.74, 6) is 6.51. The zero-order valence-electron chi connectivity index (χ0n) is 11.9. The molecule has 0 radical (unpaired) electrons. The molecule has 0 aliphatic heterocycles. The number of rotatable bonds is 5. The maximum Gasteiger partial charge on any atom is 0.124 e. The molecule has 2 aromatic carbocycles. The van der Waals surface area contributed by atoms with Gasteiger partial charge in [0.25, 0.3) is 0 Å². The number of nitrogens with two attached hydrogens (primary N) is 1. The SMILES string of the molecule is CC(C)Oc1ccccc1C(NN)c1c(Cl)cccc1Cl. The molecule has 3 N–H and O–H groups in total. The highest BCUT2D eigenvalue weighted by molar-refractivity contribution is 6.36. The van der Waals surface area contributed by atoms with Crippen LogP contribution in [-0.2, 0) is 0 Å². The minimum atomic E-state index is -0.346. The van der Waals surface area contributed by atoms with Crippen molar-refractivity contribution in [2.45, 2.75) is 26.0 Å². The predicted octanol–water partition coefficient (Wildman–Crippen LogP) is 4.33. The lowest BCUT2D eigenvalue weighted by atomic mass is 9.98. The monoisotopic (exact) mass is 324 g/mol. The van der Waals surface area contributed by atoms with Gasteiger partial charge in [-0.15, -0.1) is 0 Å². The lowest BCUT2D eigenvalue weighted by Gasteiger charge is -2.23. The summed E-state index contributed by atoms with van der Waals surface area (Å²) in [4.78, 5) is 0. The lowest BCUT2D eigenvalue weighted by molar-refractivity contribution is 0.238. The number of halogens is 2. The van der Waals surface area contributed by atoms with Gasteiger partial charge in [0, 0.05) is 21.2 Å². The molecule has 21 heavy (non-hydrogen) atoms. The molecule has 0 bridgehead atoms. The highest BCUT2D eigenvalue weighted by Crippen LogP contribution is 2.37. The summed E-state index contributed by atoms with van der Waals surface area (Å²) < 4.78 is 5.85. The molecule has 112 valence electrons. The molecule has 0 spiro atoms. The first-order chi connectivity index (χ1) is 10.0. The molecular weight excluding hydrogens is 307 g/mol. The van der Waals surface area contributed by atoms with Crippen molar-refractivity contribution in [2.24, 2.45) is 5.84 Å². The summed E-state index contributed by atoms with van der Waals surface area (Å²) in [5, 5.41) is 1.12. The van der Waals surface area contributed by atoms with Gasteiger partial charge < -0.3 is 4.74 Å². The Morgan fingerprint density at radius 1 is 1.00 bits per heavy atom. The van der Waals surface area contributed by atoms with Crippen LogP contribution in [0.5, 0.6) is 5.75 Å². The Morgan fingerprint density at radius 3 is 2.19 bits per heavy atom. The number of hydrazine groups is 1. The van der Waals surface area contributed by atoms with E-state index in [2.05, 4.69) is 5.43 Å². The Hall–Kier alpha value is -1.26. The van der Waals surface area contributed by atoms with E-state index in [4.69, 9.17) is 33.8 Å². The van der Waals surface area contributed by atoms with Gasteiger partial charge in [-0.2, -0.15) is 0 Å². The topological polar surface area (TPSA) is 47.3 Å². The smallest absolute Gasteiger partial charge is 0.124 e. The van der Waals surface area contributed by atoms with E-state index >= 15 is 0 Å². The standard InChI is InChI=1S/C16H18Cl2N2O/c1-10(2)21-14-9-4-3-6-11(14)16(20-19)15-12(17)7-5-8-13(15)18/h3-10,16,20H,19H2,1-2H3. The molecule has 2 aromatic rings. The fourth-order valence-electron chi connectivity index (χ4n) is 2.20. The van der Waals surface area contributed by atoms with Crippen molar-refractivity contribution in [1.29, 1.82) is 0 Å². The van der Waals surface area contributed by atoms with E-state index in [9.17, 15) is 0 Å². The first-order valence-electron chi connectivity index (χ1n) is 6.70. The van der Waals surface area contributed by atoms with E-state index in [0.717, 1.165) is 16.9 Å². The van der Waals surface area contributed by atoms with Crippen molar-refractivity contribution in [3.8, 4) is 5.75 Å². The molecule has 0 aliphatic rings. The Morgan fingerprint density at radius 2 is 1.62 bits per heavy atom. The minimum Gasteiger partial charge on any atom is -0.491 e. The average Bonchev–Trinajstić information content (AvgIpc) is 2.43. The molecule has 5 heteroatoms. The fraction of sp³-hybridized carbons (Fsp3) is 0.250. The van der Waals surface area contributed by atoms with Crippen molar-refractivity contribution < 1.29 is 4.74 Å². The maximum absolute atomic E-state index is 6.29. The lowest BCUT2D eigenvalue weighted by Crippen LogP contribution is -2.30. The molecule has 0 saturated carbocycles. The zero-order chi connectivity index (χ0) is 15.4.